The predicted molar refractivity (Wildman–Crippen MR) is 77.8 cm³/mol. The van der Waals surface area contributed by atoms with E-state index >= 15 is 0 Å². The first kappa shape index (κ1) is 14.6. The van der Waals surface area contributed by atoms with E-state index in [4.69, 9.17) is 14.9 Å². The molecule has 0 saturated heterocycles. The van der Waals surface area contributed by atoms with Crippen LogP contribution in [-0.4, -0.2) is 18.8 Å². The van der Waals surface area contributed by atoms with Crippen molar-refractivity contribution >= 4 is 0 Å². The van der Waals surface area contributed by atoms with Crippen molar-refractivity contribution in [3.63, 3.8) is 0 Å². The van der Waals surface area contributed by atoms with Gasteiger partial charge in [-0.15, -0.1) is 0 Å². The molecule has 1 aromatic carbocycles. The molecule has 2 atom stereocenters. The zero-order valence-corrected chi connectivity index (χ0v) is 11.9. The van der Waals surface area contributed by atoms with Gasteiger partial charge in [0.05, 0.1) is 19.5 Å². The molecule has 1 heterocycles. The minimum Gasteiger partial charge on any atom is -0.497 e. The van der Waals surface area contributed by atoms with Crippen molar-refractivity contribution in [2.75, 3.05) is 13.7 Å². The van der Waals surface area contributed by atoms with Crippen LogP contribution >= 0.6 is 0 Å². The van der Waals surface area contributed by atoms with E-state index in [0.717, 1.165) is 29.1 Å². The van der Waals surface area contributed by atoms with E-state index in [1.165, 1.54) is 0 Å². The fourth-order valence-corrected chi connectivity index (χ4v) is 2.42. The first-order chi connectivity index (χ1) is 9.71. The minimum atomic E-state index is -0.665. The predicted octanol–water partition coefficient (Wildman–Crippen LogP) is 2.63. The van der Waals surface area contributed by atoms with Crippen LogP contribution in [0.15, 0.2) is 41.0 Å². The second kappa shape index (κ2) is 6.59. The van der Waals surface area contributed by atoms with Crippen molar-refractivity contribution in [2.45, 2.75) is 25.4 Å². The Bertz CT molecular complexity index is 533. The van der Waals surface area contributed by atoms with Gasteiger partial charge in [0.1, 0.15) is 11.5 Å². The van der Waals surface area contributed by atoms with E-state index in [-0.39, 0.29) is 5.92 Å². The molecule has 2 unspecified atom stereocenters. The summed E-state index contributed by atoms with van der Waals surface area (Å²) in [6, 6.07) is 9.44. The van der Waals surface area contributed by atoms with E-state index in [1.54, 1.807) is 13.4 Å². The molecule has 108 valence electrons. The maximum absolute atomic E-state index is 10.6. The summed E-state index contributed by atoms with van der Waals surface area (Å²) in [6.45, 7) is 2.36. The van der Waals surface area contributed by atoms with Crippen LogP contribution in [0.5, 0.6) is 5.75 Å². The lowest BCUT2D eigenvalue weighted by atomic mass is 9.89. The third kappa shape index (κ3) is 2.86. The van der Waals surface area contributed by atoms with Crippen molar-refractivity contribution in [3.05, 3.63) is 53.5 Å². The number of rotatable bonds is 6. The Morgan fingerprint density at radius 3 is 2.50 bits per heavy atom. The van der Waals surface area contributed by atoms with Gasteiger partial charge in [-0.25, -0.2) is 0 Å². The van der Waals surface area contributed by atoms with Crippen molar-refractivity contribution in [2.24, 2.45) is 5.73 Å². The maximum atomic E-state index is 10.6. The van der Waals surface area contributed by atoms with Gasteiger partial charge in [0.2, 0.25) is 0 Å². The molecule has 0 radical (unpaired) electrons. The number of furan rings is 1. The molecule has 0 fully saturated rings. The van der Waals surface area contributed by atoms with Crippen molar-refractivity contribution in [3.8, 4) is 5.75 Å². The zero-order chi connectivity index (χ0) is 14.5. The zero-order valence-electron chi connectivity index (χ0n) is 11.9. The second-order valence-electron chi connectivity index (χ2n) is 4.71. The van der Waals surface area contributed by atoms with Crippen LogP contribution in [-0.2, 0) is 6.42 Å². The molecule has 4 nitrogen and oxygen atoms in total. The summed E-state index contributed by atoms with van der Waals surface area (Å²) in [5.74, 6) is 1.44. The van der Waals surface area contributed by atoms with Crippen molar-refractivity contribution in [1.82, 2.24) is 0 Å². The summed E-state index contributed by atoms with van der Waals surface area (Å²) in [5.41, 5.74) is 7.66. The molecule has 1 aromatic heterocycles. The van der Waals surface area contributed by atoms with E-state index in [1.807, 2.05) is 37.3 Å². The Morgan fingerprint density at radius 2 is 1.95 bits per heavy atom. The fraction of sp³-hybridized carbons (Fsp3) is 0.375. The van der Waals surface area contributed by atoms with E-state index in [2.05, 4.69) is 0 Å². The van der Waals surface area contributed by atoms with Crippen LogP contribution in [0.2, 0.25) is 0 Å². The molecule has 0 bridgehead atoms. The number of aliphatic hydroxyl groups is 1. The van der Waals surface area contributed by atoms with Crippen LogP contribution in [0.25, 0.3) is 0 Å². The lowest BCUT2D eigenvalue weighted by Crippen LogP contribution is -2.20. The first-order valence-corrected chi connectivity index (χ1v) is 6.79. The van der Waals surface area contributed by atoms with Gasteiger partial charge in [0, 0.05) is 24.4 Å². The van der Waals surface area contributed by atoms with Crippen molar-refractivity contribution in [1.29, 1.82) is 0 Å². The number of hydrogen-bond donors (Lipinski definition) is 2. The normalized spacial score (nSPS) is 14.0. The average molecular weight is 275 g/mol. The van der Waals surface area contributed by atoms with Gasteiger partial charge in [0.25, 0.3) is 0 Å². The molecule has 0 aliphatic carbocycles. The van der Waals surface area contributed by atoms with Gasteiger partial charge in [-0.3, -0.25) is 0 Å². The Labute approximate surface area is 119 Å². The largest absolute Gasteiger partial charge is 0.497 e. The number of nitrogens with two attached hydrogens (primary N) is 1. The van der Waals surface area contributed by atoms with E-state index in [0.29, 0.717) is 6.54 Å². The average Bonchev–Trinajstić information content (AvgIpc) is 2.97. The molecule has 20 heavy (non-hydrogen) atoms. The number of ether oxygens (including phenoxy) is 1. The third-order valence-electron chi connectivity index (χ3n) is 3.60. The third-order valence-corrected chi connectivity index (χ3v) is 3.60. The molecule has 2 rings (SSSR count). The topological polar surface area (TPSA) is 68.6 Å². The summed E-state index contributed by atoms with van der Waals surface area (Å²) < 4.78 is 10.5. The van der Waals surface area contributed by atoms with Gasteiger partial charge in [-0.1, -0.05) is 19.1 Å². The monoisotopic (exact) mass is 275 g/mol. The highest BCUT2D eigenvalue weighted by atomic mass is 16.5. The quantitative estimate of drug-likeness (QED) is 0.850. The number of hydrogen-bond acceptors (Lipinski definition) is 4. The van der Waals surface area contributed by atoms with Crippen LogP contribution in [0, 0.1) is 0 Å². The fourth-order valence-electron chi connectivity index (χ4n) is 2.42. The van der Waals surface area contributed by atoms with Gasteiger partial charge in [0.15, 0.2) is 0 Å². The van der Waals surface area contributed by atoms with E-state index < -0.39 is 6.10 Å². The van der Waals surface area contributed by atoms with Gasteiger partial charge in [-0.05, 0) is 23.8 Å². The lowest BCUT2D eigenvalue weighted by molar-refractivity contribution is 0.145. The summed E-state index contributed by atoms with van der Waals surface area (Å²) in [5, 5.41) is 10.6. The minimum absolute atomic E-state index is 0.163. The molecule has 3 N–H and O–H groups in total. The van der Waals surface area contributed by atoms with E-state index in [9.17, 15) is 5.11 Å². The van der Waals surface area contributed by atoms with Crippen LogP contribution in [0.4, 0.5) is 0 Å². The molecule has 0 spiro atoms. The van der Waals surface area contributed by atoms with Crippen LogP contribution in [0.1, 0.15) is 35.8 Å². The lowest BCUT2D eigenvalue weighted by Gasteiger charge is -2.22. The van der Waals surface area contributed by atoms with Crippen LogP contribution in [0.3, 0.4) is 0 Å². The van der Waals surface area contributed by atoms with Gasteiger partial charge < -0.3 is 20.0 Å². The molecule has 0 aliphatic heterocycles. The Morgan fingerprint density at radius 1 is 1.25 bits per heavy atom. The molecular weight excluding hydrogens is 254 g/mol. The Kier molecular flexibility index (Phi) is 4.82. The van der Waals surface area contributed by atoms with Gasteiger partial charge in [-0.2, -0.15) is 0 Å². The molecule has 4 heteroatoms. The SMILES string of the molecule is CCc1occc1C(O)C(CN)c1ccc(OC)cc1. The molecule has 0 aliphatic rings. The van der Waals surface area contributed by atoms with Crippen molar-refractivity contribution < 1.29 is 14.3 Å². The highest BCUT2D eigenvalue weighted by molar-refractivity contribution is 5.33. The Hall–Kier alpha value is -1.78. The Balaban J connectivity index is 2.26. The first-order valence-electron chi connectivity index (χ1n) is 6.79. The molecule has 0 amide bonds. The van der Waals surface area contributed by atoms with Crippen LogP contribution < -0.4 is 10.5 Å². The summed E-state index contributed by atoms with van der Waals surface area (Å²) in [4.78, 5) is 0. The standard InChI is InChI=1S/C16H21NO3/c1-3-15-13(8-9-20-15)16(18)14(10-17)11-4-6-12(19-2)7-5-11/h4-9,14,16,18H,3,10,17H2,1-2H3. The molecular formula is C16H21NO3. The summed E-state index contributed by atoms with van der Waals surface area (Å²) >= 11 is 0. The number of aliphatic hydroxyl groups excluding tert-OH is 1. The number of benzene rings is 1. The molecule has 2 aromatic rings. The summed E-state index contributed by atoms with van der Waals surface area (Å²) in [6.07, 6.45) is 1.69. The highest BCUT2D eigenvalue weighted by Gasteiger charge is 2.24. The smallest absolute Gasteiger partial charge is 0.118 e. The number of methoxy groups -OCH3 is 1. The highest BCUT2D eigenvalue weighted by Crippen LogP contribution is 2.33. The molecule has 0 saturated carbocycles. The summed E-state index contributed by atoms with van der Waals surface area (Å²) in [7, 11) is 1.63. The number of aryl methyl sites for hydroxylation is 1. The maximum Gasteiger partial charge on any atom is 0.118 e. The van der Waals surface area contributed by atoms with Gasteiger partial charge >= 0.3 is 0 Å². The second-order valence-corrected chi connectivity index (χ2v) is 4.71.